The Morgan fingerprint density at radius 3 is 2.58 bits per heavy atom. The third-order valence-electron chi connectivity index (χ3n) is 6.10. The number of amides is 1. The summed E-state index contributed by atoms with van der Waals surface area (Å²) in [6, 6.07) is 8.68. The molecule has 3 fully saturated rings. The molecule has 0 radical (unpaired) electrons. The van der Waals surface area contributed by atoms with Gasteiger partial charge in [0, 0.05) is 37.8 Å². The number of hydrogen-bond donors (Lipinski definition) is 1. The number of nitrogens with zero attached hydrogens (tertiary/aromatic N) is 2. The third kappa shape index (κ3) is 3.30. The molecule has 24 heavy (non-hydrogen) atoms. The SMILES string of the molecule is Cc1cccc(N2CCN(C(=O)[C@@H]3C[C@H]3C3CCNCC3)CC2)c1. The molecular weight excluding hydrogens is 298 g/mol. The molecule has 0 aromatic heterocycles. The van der Waals surface area contributed by atoms with Crippen molar-refractivity contribution in [1.82, 2.24) is 10.2 Å². The second kappa shape index (κ2) is 6.75. The van der Waals surface area contributed by atoms with Crippen LogP contribution >= 0.6 is 0 Å². The van der Waals surface area contributed by atoms with Crippen molar-refractivity contribution in [3.8, 4) is 0 Å². The Morgan fingerprint density at radius 2 is 1.88 bits per heavy atom. The van der Waals surface area contributed by atoms with Crippen LogP contribution in [0, 0.1) is 24.7 Å². The number of piperazine rings is 1. The molecule has 2 saturated heterocycles. The Balaban J connectivity index is 1.29. The monoisotopic (exact) mass is 327 g/mol. The van der Waals surface area contributed by atoms with Crippen LogP contribution in [0.25, 0.3) is 0 Å². The van der Waals surface area contributed by atoms with Crippen LogP contribution < -0.4 is 10.2 Å². The lowest BCUT2D eigenvalue weighted by Crippen LogP contribution is -2.49. The molecule has 4 nitrogen and oxygen atoms in total. The molecule has 2 aliphatic heterocycles. The number of carbonyl (C=O) groups excluding carboxylic acids is 1. The molecule has 130 valence electrons. The minimum Gasteiger partial charge on any atom is -0.368 e. The van der Waals surface area contributed by atoms with E-state index < -0.39 is 0 Å². The lowest BCUT2D eigenvalue weighted by molar-refractivity contribution is -0.133. The summed E-state index contributed by atoms with van der Waals surface area (Å²) in [5.41, 5.74) is 2.59. The summed E-state index contributed by atoms with van der Waals surface area (Å²) in [6.45, 7) is 8.08. The first-order chi connectivity index (χ1) is 11.7. The van der Waals surface area contributed by atoms with Crippen LogP contribution in [0.1, 0.15) is 24.8 Å². The van der Waals surface area contributed by atoms with E-state index in [0.29, 0.717) is 17.7 Å². The van der Waals surface area contributed by atoms with Crippen molar-refractivity contribution in [3.63, 3.8) is 0 Å². The van der Waals surface area contributed by atoms with Gasteiger partial charge in [0.1, 0.15) is 0 Å². The van der Waals surface area contributed by atoms with Crippen molar-refractivity contribution in [2.45, 2.75) is 26.2 Å². The van der Waals surface area contributed by atoms with E-state index >= 15 is 0 Å². The van der Waals surface area contributed by atoms with E-state index in [0.717, 1.165) is 51.6 Å². The van der Waals surface area contributed by atoms with E-state index in [-0.39, 0.29) is 0 Å². The Hall–Kier alpha value is -1.55. The quantitative estimate of drug-likeness (QED) is 0.925. The smallest absolute Gasteiger partial charge is 0.226 e. The Kier molecular flexibility index (Phi) is 4.49. The number of nitrogens with one attached hydrogen (secondary N) is 1. The van der Waals surface area contributed by atoms with Gasteiger partial charge in [0.05, 0.1) is 0 Å². The van der Waals surface area contributed by atoms with E-state index in [1.54, 1.807) is 0 Å². The van der Waals surface area contributed by atoms with Gasteiger partial charge in [-0.25, -0.2) is 0 Å². The Labute approximate surface area is 145 Å². The number of rotatable bonds is 3. The van der Waals surface area contributed by atoms with Gasteiger partial charge in [0.25, 0.3) is 0 Å². The zero-order valence-electron chi connectivity index (χ0n) is 14.7. The first-order valence-corrected chi connectivity index (χ1v) is 9.53. The fraction of sp³-hybridized carbons (Fsp3) is 0.650. The number of piperidine rings is 1. The van der Waals surface area contributed by atoms with Gasteiger partial charge in [-0.1, -0.05) is 12.1 Å². The molecule has 3 aliphatic rings. The average molecular weight is 327 g/mol. The predicted octanol–water partition coefficient (Wildman–Crippen LogP) is 2.28. The molecule has 2 atom stereocenters. The second-order valence-corrected chi connectivity index (χ2v) is 7.74. The van der Waals surface area contributed by atoms with Crippen LogP contribution in [0.15, 0.2) is 24.3 Å². The molecule has 1 aromatic carbocycles. The largest absolute Gasteiger partial charge is 0.368 e. The average Bonchev–Trinajstić information content (AvgIpc) is 3.43. The van der Waals surface area contributed by atoms with Gasteiger partial charge in [-0.15, -0.1) is 0 Å². The van der Waals surface area contributed by atoms with Crippen molar-refractivity contribution in [1.29, 1.82) is 0 Å². The van der Waals surface area contributed by atoms with Crippen LogP contribution in [0.4, 0.5) is 5.69 Å². The van der Waals surface area contributed by atoms with Gasteiger partial charge in [0.2, 0.25) is 5.91 Å². The maximum absolute atomic E-state index is 12.8. The van der Waals surface area contributed by atoms with Gasteiger partial charge >= 0.3 is 0 Å². The maximum atomic E-state index is 12.8. The number of carbonyl (C=O) groups is 1. The van der Waals surface area contributed by atoms with E-state index in [1.165, 1.54) is 24.1 Å². The molecule has 1 amide bonds. The van der Waals surface area contributed by atoms with E-state index in [4.69, 9.17) is 0 Å². The molecule has 4 rings (SSSR count). The molecule has 2 heterocycles. The zero-order valence-corrected chi connectivity index (χ0v) is 14.7. The van der Waals surface area contributed by atoms with E-state index in [2.05, 4.69) is 46.3 Å². The summed E-state index contributed by atoms with van der Waals surface area (Å²) in [5.74, 6) is 2.23. The predicted molar refractivity (Wildman–Crippen MR) is 97.2 cm³/mol. The molecule has 4 heteroatoms. The van der Waals surface area contributed by atoms with Crippen molar-refractivity contribution in [3.05, 3.63) is 29.8 Å². The molecule has 1 aliphatic carbocycles. The fourth-order valence-corrected chi connectivity index (χ4v) is 4.54. The number of benzene rings is 1. The molecular formula is C20H29N3O. The summed E-state index contributed by atoms with van der Waals surface area (Å²) < 4.78 is 0. The van der Waals surface area contributed by atoms with Gasteiger partial charge in [-0.2, -0.15) is 0 Å². The molecule has 1 saturated carbocycles. The van der Waals surface area contributed by atoms with E-state index in [1.807, 2.05) is 0 Å². The lowest BCUT2D eigenvalue weighted by Gasteiger charge is -2.36. The molecule has 1 aromatic rings. The summed E-state index contributed by atoms with van der Waals surface area (Å²) in [5, 5.41) is 3.43. The molecule has 0 spiro atoms. The Morgan fingerprint density at radius 1 is 1.12 bits per heavy atom. The normalized spacial score (nSPS) is 28.0. The van der Waals surface area contributed by atoms with Gasteiger partial charge in [-0.3, -0.25) is 4.79 Å². The Bertz CT molecular complexity index is 588. The lowest BCUT2D eigenvalue weighted by atomic mass is 9.92. The highest BCUT2D eigenvalue weighted by molar-refractivity contribution is 5.82. The van der Waals surface area contributed by atoms with Gasteiger partial charge < -0.3 is 15.1 Å². The highest BCUT2D eigenvalue weighted by Crippen LogP contribution is 2.48. The minimum absolute atomic E-state index is 0.332. The van der Waals surface area contributed by atoms with Crippen molar-refractivity contribution in [2.24, 2.45) is 17.8 Å². The second-order valence-electron chi connectivity index (χ2n) is 7.74. The number of aryl methyl sites for hydroxylation is 1. The number of anilines is 1. The highest BCUT2D eigenvalue weighted by atomic mass is 16.2. The first-order valence-electron chi connectivity index (χ1n) is 9.53. The molecule has 1 N–H and O–H groups in total. The van der Waals surface area contributed by atoms with E-state index in [9.17, 15) is 4.79 Å². The van der Waals surface area contributed by atoms with Crippen LogP contribution in [0.2, 0.25) is 0 Å². The summed E-state index contributed by atoms with van der Waals surface area (Å²) in [4.78, 5) is 17.3. The standard InChI is InChI=1S/C20H29N3O/c1-15-3-2-4-17(13-15)22-9-11-23(12-10-22)20(24)19-14-18(19)16-5-7-21-8-6-16/h2-4,13,16,18-19,21H,5-12,14H2,1H3/t18-,19+/m0/s1. The summed E-state index contributed by atoms with van der Waals surface area (Å²) >= 11 is 0. The van der Waals surface area contributed by atoms with Crippen LogP contribution in [0.5, 0.6) is 0 Å². The number of hydrogen-bond acceptors (Lipinski definition) is 3. The van der Waals surface area contributed by atoms with Crippen molar-refractivity contribution >= 4 is 11.6 Å². The highest BCUT2D eigenvalue weighted by Gasteiger charge is 2.49. The van der Waals surface area contributed by atoms with Crippen LogP contribution in [-0.4, -0.2) is 50.1 Å². The zero-order chi connectivity index (χ0) is 16.5. The minimum atomic E-state index is 0.332. The first kappa shape index (κ1) is 15.9. The summed E-state index contributed by atoms with van der Waals surface area (Å²) in [6.07, 6.45) is 3.66. The van der Waals surface area contributed by atoms with Gasteiger partial charge in [-0.05, 0) is 68.8 Å². The van der Waals surface area contributed by atoms with Crippen molar-refractivity contribution in [2.75, 3.05) is 44.2 Å². The maximum Gasteiger partial charge on any atom is 0.226 e. The van der Waals surface area contributed by atoms with Crippen molar-refractivity contribution < 1.29 is 4.79 Å². The van der Waals surface area contributed by atoms with Crippen LogP contribution in [-0.2, 0) is 4.79 Å². The molecule has 0 unspecified atom stereocenters. The third-order valence-corrected chi connectivity index (χ3v) is 6.10. The topological polar surface area (TPSA) is 35.6 Å². The van der Waals surface area contributed by atoms with Crippen LogP contribution in [0.3, 0.4) is 0 Å². The van der Waals surface area contributed by atoms with Gasteiger partial charge in [0.15, 0.2) is 0 Å². The summed E-state index contributed by atoms with van der Waals surface area (Å²) in [7, 11) is 0. The molecule has 0 bridgehead atoms. The fourth-order valence-electron chi connectivity index (χ4n) is 4.54.